The molecule has 0 fully saturated rings. The van der Waals surface area contributed by atoms with Crippen molar-refractivity contribution in [3.63, 3.8) is 0 Å². The highest BCUT2D eigenvalue weighted by atomic mass is 16.6. The Bertz CT molecular complexity index is 645. The fourth-order valence-electron chi connectivity index (χ4n) is 2.02. The highest BCUT2D eigenvalue weighted by molar-refractivity contribution is 5.92. The summed E-state index contributed by atoms with van der Waals surface area (Å²) >= 11 is 0. The molecule has 20 heavy (non-hydrogen) atoms. The molecule has 2 heterocycles. The highest BCUT2D eigenvalue weighted by Gasteiger charge is 2.26. The minimum absolute atomic E-state index is 0.468. The van der Waals surface area contributed by atoms with Crippen molar-refractivity contribution in [1.29, 1.82) is 0 Å². The van der Waals surface area contributed by atoms with Crippen LogP contribution >= 0.6 is 0 Å². The Kier molecular flexibility index (Phi) is 3.34. The number of nitrogens with zero attached hydrogens (tertiary/aromatic N) is 2. The van der Waals surface area contributed by atoms with Crippen molar-refractivity contribution in [2.45, 2.75) is 45.8 Å². The van der Waals surface area contributed by atoms with Crippen LogP contribution in [0.3, 0.4) is 0 Å². The van der Waals surface area contributed by atoms with Gasteiger partial charge in [-0.1, -0.05) is 0 Å². The molecule has 0 unspecified atom stereocenters. The molecule has 0 aliphatic carbocycles. The first-order valence-electron chi connectivity index (χ1n) is 6.51. The van der Waals surface area contributed by atoms with Crippen LogP contribution in [-0.4, -0.2) is 26.4 Å². The lowest BCUT2D eigenvalue weighted by Crippen LogP contribution is -2.26. The van der Waals surface area contributed by atoms with Gasteiger partial charge < -0.3 is 9.84 Å². The average molecular weight is 276 g/mol. The van der Waals surface area contributed by atoms with Gasteiger partial charge in [0, 0.05) is 29.5 Å². The Labute approximate surface area is 118 Å². The number of rotatable bonds is 1. The van der Waals surface area contributed by atoms with Gasteiger partial charge in [-0.05, 0) is 40.7 Å². The lowest BCUT2D eigenvalue weighted by atomic mass is 9.99. The minimum atomic E-state index is -1.06. The van der Waals surface area contributed by atoms with E-state index in [-0.39, 0.29) is 0 Å². The minimum Gasteiger partial charge on any atom is -0.443 e. The van der Waals surface area contributed by atoms with Gasteiger partial charge in [0.05, 0.1) is 11.1 Å². The summed E-state index contributed by atoms with van der Waals surface area (Å²) < 4.78 is 6.79. The summed E-state index contributed by atoms with van der Waals surface area (Å²) in [6.07, 6.45) is 4.39. The molecule has 0 radical (unpaired) electrons. The molecule has 2 aromatic rings. The number of hydrogen-bond acceptors (Lipinski definition) is 4. The molecule has 2 aromatic heterocycles. The molecule has 2 rings (SSSR count). The lowest BCUT2D eigenvalue weighted by molar-refractivity contribution is 0.0541. The van der Waals surface area contributed by atoms with Crippen LogP contribution in [0.2, 0.25) is 0 Å². The van der Waals surface area contributed by atoms with Gasteiger partial charge >= 0.3 is 6.09 Å². The van der Waals surface area contributed by atoms with Crippen LogP contribution in [0.5, 0.6) is 0 Å². The topological polar surface area (TPSA) is 64.3 Å². The first kappa shape index (κ1) is 14.5. The maximum Gasteiger partial charge on any atom is 0.419 e. The summed E-state index contributed by atoms with van der Waals surface area (Å²) in [6.45, 7) is 8.79. The van der Waals surface area contributed by atoms with E-state index in [4.69, 9.17) is 4.74 Å². The molecule has 0 saturated carbocycles. The van der Waals surface area contributed by atoms with E-state index in [2.05, 4.69) is 4.98 Å². The molecule has 0 aromatic carbocycles. The summed E-state index contributed by atoms with van der Waals surface area (Å²) in [5, 5.41) is 11.0. The number of ether oxygens (including phenoxy) is 1. The zero-order valence-corrected chi connectivity index (χ0v) is 12.5. The van der Waals surface area contributed by atoms with Crippen LogP contribution in [0.15, 0.2) is 24.7 Å². The predicted octanol–water partition coefficient (Wildman–Crippen LogP) is 3.05. The number of hydrogen-bond donors (Lipinski definition) is 1. The fourth-order valence-corrected chi connectivity index (χ4v) is 2.02. The summed E-state index contributed by atoms with van der Waals surface area (Å²) in [6, 6.07) is 1.73. The first-order valence-corrected chi connectivity index (χ1v) is 6.51. The number of carbonyl (C=O) groups is 1. The smallest absolute Gasteiger partial charge is 0.419 e. The highest BCUT2D eigenvalue weighted by Crippen LogP contribution is 2.30. The van der Waals surface area contributed by atoms with Gasteiger partial charge in [0.25, 0.3) is 0 Å². The summed E-state index contributed by atoms with van der Waals surface area (Å²) in [5.41, 5.74) is -0.317. The van der Waals surface area contributed by atoms with E-state index in [1.165, 1.54) is 4.57 Å². The van der Waals surface area contributed by atoms with Crippen molar-refractivity contribution in [3.8, 4) is 0 Å². The Hall–Kier alpha value is -1.88. The van der Waals surface area contributed by atoms with Gasteiger partial charge in [-0.15, -0.1) is 0 Å². The molecule has 5 heteroatoms. The zero-order valence-electron chi connectivity index (χ0n) is 12.5. The zero-order chi connectivity index (χ0) is 15.1. The van der Waals surface area contributed by atoms with Crippen LogP contribution in [0.4, 0.5) is 4.79 Å². The molecular formula is C15H20N2O3. The SMILES string of the molecule is CC(C)(C)OC(=O)n1cc(C(C)(C)O)c2cnccc21. The summed E-state index contributed by atoms with van der Waals surface area (Å²) in [7, 11) is 0. The van der Waals surface area contributed by atoms with Crippen molar-refractivity contribution in [2.24, 2.45) is 0 Å². The molecule has 108 valence electrons. The van der Waals surface area contributed by atoms with Gasteiger partial charge in [-0.2, -0.15) is 0 Å². The second-order valence-electron chi connectivity index (χ2n) is 6.34. The van der Waals surface area contributed by atoms with E-state index in [0.29, 0.717) is 11.1 Å². The van der Waals surface area contributed by atoms with Crippen LogP contribution < -0.4 is 0 Å². The number of carbonyl (C=O) groups excluding carboxylic acids is 1. The van der Waals surface area contributed by atoms with Gasteiger partial charge in [-0.3, -0.25) is 9.55 Å². The van der Waals surface area contributed by atoms with Crippen LogP contribution in [0, 0.1) is 0 Å². The van der Waals surface area contributed by atoms with Crippen molar-refractivity contribution < 1.29 is 14.6 Å². The van der Waals surface area contributed by atoms with Gasteiger partial charge in [-0.25, -0.2) is 4.79 Å². The number of pyridine rings is 1. The standard InChI is InChI=1S/C15H20N2O3/c1-14(2,3)20-13(18)17-9-11(15(4,5)19)10-8-16-7-6-12(10)17/h6-9,19H,1-5H3. The van der Waals surface area contributed by atoms with E-state index in [9.17, 15) is 9.90 Å². The van der Waals surface area contributed by atoms with E-state index >= 15 is 0 Å². The fraction of sp³-hybridized carbons (Fsp3) is 0.467. The van der Waals surface area contributed by atoms with Crippen molar-refractivity contribution in [2.75, 3.05) is 0 Å². The third kappa shape index (κ3) is 2.82. The van der Waals surface area contributed by atoms with E-state index in [0.717, 1.165) is 5.39 Å². The Balaban J connectivity index is 2.58. The molecule has 0 aliphatic rings. The molecule has 0 atom stereocenters. The first-order chi connectivity index (χ1) is 9.09. The molecule has 1 N–H and O–H groups in total. The largest absolute Gasteiger partial charge is 0.443 e. The Morgan fingerprint density at radius 1 is 1.30 bits per heavy atom. The molecule has 0 saturated heterocycles. The monoisotopic (exact) mass is 276 g/mol. The second kappa shape index (κ2) is 4.59. The molecule has 0 spiro atoms. The number of fused-ring (bicyclic) bond motifs is 1. The second-order valence-corrected chi connectivity index (χ2v) is 6.34. The normalized spacial score (nSPS) is 12.7. The third-order valence-corrected chi connectivity index (χ3v) is 2.86. The Morgan fingerprint density at radius 2 is 1.95 bits per heavy atom. The van der Waals surface area contributed by atoms with Gasteiger partial charge in [0.2, 0.25) is 0 Å². The maximum absolute atomic E-state index is 12.3. The lowest BCUT2D eigenvalue weighted by Gasteiger charge is -2.20. The van der Waals surface area contributed by atoms with E-state index < -0.39 is 17.3 Å². The van der Waals surface area contributed by atoms with Crippen molar-refractivity contribution >= 4 is 17.0 Å². The predicted molar refractivity (Wildman–Crippen MR) is 76.6 cm³/mol. The Morgan fingerprint density at radius 3 is 2.50 bits per heavy atom. The van der Waals surface area contributed by atoms with Crippen molar-refractivity contribution in [1.82, 2.24) is 9.55 Å². The quantitative estimate of drug-likeness (QED) is 0.869. The van der Waals surface area contributed by atoms with Crippen LogP contribution in [0.1, 0.15) is 40.2 Å². The van der Waals surface area contributed by atoms with Crippen molar-refractivity contribution in [3.05, 3.63) is 30.2 Å². The molecule has 0 aliphatic heterocycles. The summed E-state index contributed by atoms with van der Waals surface area (Å²) in [4.78, 5) is 16.3. The number of aliphatic hydroxyl groups is 1. The average Bonchev–Trinajstić information content (AvgIpc) is 2.65. The van der Waals surface area contributed by atoms with Crippen LogP contribution in [-0.2, 0) is 10.3 Å². The third-order valence-electron chi connectivity index (χ3n) is 2.86. The summed E-state index contributed by atoms with van der Waals surface area (Å²) in [5.74, 6) is 0. The molecule has 5 nitrogen and oxygen atoms in total. The van der Waals surface area contributed by atoms with E-state index in [1.807, 2.05) is 20.8 Å². The van der Waals surface area contributed by atoms with Crippen LogP contribution in [0.25, 0.3) is 10.9 Å². The van der Waals surface area contributed by atoms with E-state index in [1.54, 1.807) is 38.5 Å². The van der Waals surface area contributed by atoms with Gasteiger partial charge in [0.1, 0.15) is 5.60 Å². The van der Waals surface area contributed by atoms with Gasteiger partial charge in [0.15, 0.2) is 0 Å². The molecular weight excluding hydrogens is 256 g/mol. The molecule has 0 bridgehead atoms. The number of aromatic nitrogens is 2. The molecule has 0 amide bonds. The maximum atomic E-state index is 12.3.